The van der Waals surface area contributed by atoms with E-state index in [1.807, 2.05) is 0 Å². The van der Waals surface area contributed by atoms with Gasteiger partial charge in [-0.1, -0.05) is 37.8 Å². The summed E-state index contributed by atoms with van der Waals surface area (Å²) in [7, 11) is 0. The van der Waals surface area contributed by atoms with Crippen molar-refractivity contribution in [1.82, 2.24) is 15.1 Å². The van der Waals surface area contributed by atoms with E-state index in [2.05, 4.69) is 10.4 Å². The number of rotatable bonds is 5. The molecule has 1 aliphatic rings. The lowest BCUT2D eigenvalue weighted by molar-refractivity contribution is -0.149. The monoisotopic (exact) mass is 373 g/mol. The van der Waals surface area contributed by atoms with E-state index in [4.69, 9.17) is 4.74 Å². The maximum absolute atomic E-state index is 12.4. The SMILES string of the molecule is O=C(COC(=O)Cn1[nH]c(=O)c2ccccc2c1=O)NC1CCCCCC1. The van der Waals surface area contributed by atoms with E-state index >= 15 is 0 Å². The Morgan fingerprint density at radius 2 is 1.74 bits per heavy atom. The van der Waals surface area contributed by atoms with Crippen LogP contribution in [0, 0.1) is 0 Å². The normalized spacial score (nSPS) is 15.3. The second-order valence-electron chi connectivity index (χ2n) is 6.79. The van der Waals surface area contributed by atoms with E-state index in [9.17, 15) is 19.2 Å². The zero-order chi connectivity index (χ0) is 19.2. The minimum absolute atomic E-state index is 0.123. The summed E-state index contributed by atoms with van der Waals surface area (Å²) in [5, 5.41) is 5.72. The summed E-state index contributed by atoms with van der Waals surface area (Å²) in [5.41, 5.74) is -0.964. The van der Waals surface area contributed by atoms with E-state index < -0.39 is 30.2 Å². The Balaban J connectivity index is 1.57. The number of nitrogens with one attached hydrogen (secondary N) is 2. The van der Waals surface area contributed by atoms with E-state index in [-0.39, 0.29) is 22.7 Å². The molecule has 0 atom stereocenters. The molecule has 0 bridgehead atoms. The molecule has 0 aliphatic heterocycles. The third kappa shape index (κ3) is 4.84. The van der Waals surface area contributed by atoms with Gasteiger partial charge in [-0.25, -0.2) is 4.68 Å². The van der Waals surface area contributed by atoms with Gasteiger partial charge in [-0.05, 0) is 25.0 Å². The molecule has 0 radical (unpaired) electrons. The van der Waals surface area contributed by atoms with Crippen molar-refractivity contribution in [2.45, 2.75) is 51.1 Å². The number of aromatic nitrogens is 2. The topological polar surface area (TPSA) is 110 Å². The van der Waals surface area contributed by atoms with Gasteiger partial charge in [0.05, 0.1) is 10.8 Å². The van der Waals surface area contributed by atoms with Crippen LogP contribution in [0.3, 0.4) is 0 Å². The number of aromatic amines is 1. The van der Waals surface area contributed by atoms with Gasteiger partial charge in [0.15, 0.2) is 6.61 Å². The minimum Gasteiger partial charge on any atom is -0.454 e. The molecule has 8 heteroatoms. The second kappa shape index (κ2) is 8.66. The van der Waals surface area contributed by atoms with Crippen molar-refractivity contribution >= 4 is 22.6 Å². The lowest BCUT2D eigenvalue weighted by Crippen LogP contribution is -2.38. The number of amides is 1. The van der Waals surface area contributed by atoms with E-state index in [0.717, 1.165) is 30.4 Å². The zero-order valence-corrected chi connectivity index (χ0v) is 15.0. The largest absolute Gasteiger partial charge is 0.454 e. The highest BCUT2D eigenvalue weighted by Gasteiger charge is 2.16. The van der Waals surface area contributed by atoms with Gasteiger partial charge in [0.1, 0.15) is 6.54 Å². The van der Waals surface area contributed by atoms with Crippen LogP contribution in [0.4, 0.5) is 0 Å². The van der Waals surface area contributed by atoms with Crippen LogP contribution in [-0.4, -0.2) is 34.3 Å². The van der Waals surface area contributed by atoms with Gasteiger partial charge in [-0.15, -0.1) is 0 Å². The van der Waals surface area contributed by atoms with E-state index in [1.165, 1.54) is 25.0 Å². The quantitative estimate of drug-likeness (QED) is 0.602. The molecular formula is C19H23N3O5. The Morgan fingerprint density at radius 3 is 2.44 bits per heavy atom. The maximum Gasteiger partial charge on any atom is 0.328 e. The first-order valence-electron chi connectivity index (χ1n) is 9.21. The predicted molar refractivity (Wildman–Crippen MR) is 99.4 cm³/mol. The number of hydrogen-bond donors (Lipinski definition) is 2. The molecular weight excluding hydrogens is 350 g/mol. The summed E-state index contributed by atoms with van der Waals surface area (Å²) >= 11 is 0. The molecule has 1 aromatic carbocycles. The van der Waals surface area contributed by atoms with Crippen molar-refractivity contribution in [3.8, 4) is 0 Å². The number of hydrogen-bond acceptors (Lipinski definition) is 5. The van der Waals surface area contributed by atoms with Gasteiger partial charge < -0.3 is 10.1 Å². The number of nitrogens with zero attached hydrogens (tertiary/aromatic N) is 1. The van der Waals surface area contributed by atoms with Crippen LogP contribution in [0.5, 0.6) is 0 Å². The Morgan fingerprint density at radius 1 is 1.07 bits per heavy atom. The highest BCUT2D eigenvalue weighted by atomic mass is 16.5. The fraction of sp³-hybridized carbons (Fsp3) is 0.474. The summed E-state index contributed by atoms with van der Waals surface area (Å²) in [6, 6.07) is 6.48. The van der Waals surface area contributed by atoms with Crippen molar-refractivity contribution in [1.29, 1.82) is 0 Å². The smallest absolute Gasteiger partial charge is 0.328 e. The summed E-state index contributed by atoms with van der Waals surface area (Å²) < 4.78 is 5.85. The van der Waals surface area contributed by atoms with Gasteiger partial charge in [-0.2, -0.15) is 0 Å². The van der Waals surface area contributed by atoms with Gasteiger partial charge in [0.2, 0.25) is 0 Å². The fourth-order valence-electron chi connectivity index (χ4n) is 3.37. The van der Waals surface area contributed by atoms with Crippen LogP contribution in [-0.2, 0) is 20.9 Å². The van der Waals surface area contributed by atoms with E-state index in [1.54, 1.807) is 12.1 Å². The molecule has 1 aromatic heterocycles. The highest BCUT2D eigenvalue weighted by molar-refractivity contribution is 5.82. The predicted octanol–water partition coefficient (Wildman–Crippen LogP) is 1.07. The molecule has 2 N–H and O–H groups in total. The molecule has 27 heavy (non-hydrogen) atoms. The molecule has 8 nitrogen and oxygen atoms in total. The van der Waals surface area contributed by atoms with Gasteiger partial charge in [-0.3, -0.25) is 24.3 Å². The Hall–Kier alpha value is -2.90. The van der Waals surface area contributed by atoms with E-state index in [0.29, 0.717) is 0 Å². The fourth-order valence-corrected chi connectivity index (χ4v) is 3.37. The number of benzene rings is 1. The third-order valence-corrected chi connectivity index (χ3v) is 4.76. The minimum atomic E-state index is -0.765. The zero-order valence-electron chi connectivity index (χ0n) is 15.0. The number of carbonyl (C=O) groups excluding carboxylic acids is 2. The van der Waals surface area contributed by atoms with Gasteiger partial charge in [0.25, 0.3) is 17.0 Å². The maximum atomic E-state index is 12.4. The first kappa shape index (κ1) is 18.9. The molecule has 0 saturated heterocycles. The molecule has 0 unspecified atom stereocenters. The summed E-state index contributed by atoms with van der Waals surface area (Å²) in [5.74, 6) is -1.12. The van der Waals surface area contributed by atoms with Crippen LogP contribution in [0.2, 0.25) is 0 Å². The molecule has 0 spiro atoms. The van der Waals surface area contributed by atoms with Crippen molar-refractivity contribution in [2.24, 2.45) is 0 Å². The second-order valence-corrected chi connectivity index (χ2v) is 6.79. The standard InChI is InChI=1S/C19H23N3O5/c23-16(20-13-7-3-1-2-4-8-13)12-27-17(24)11-22-19(26)15-10-6-5-9-14(15)18(25)21-22/h5-6,9-10,13H,1-4,7-8,11-12H2,(H,20,23)(H,21,25). The molecule has 2 aromatic rings. The molecule has 1 heterocycles. The van der Waals surface area contributed by atoms with Crippen LogP contribution in [0.25, 0.3) is 10.8 Å². The lowest BCUT2D eigenvalue weighted by Gasteiger charge is -2.16. The average molecular weight is 373 g/mol. The number of ether oxygens (including phenoxy) is 1. The van der Waals surface area contributed by atoms with Crippen molar-refractivity contribution < 1.29 is 14.3 Å². The highest BCUT2D eigenvalue weighted by Crippen LogP contribution is 2.17. The van der Waals surface area contributed by atoms with Crippen LogP contribution >= 0.6 is 0 Å². The number of carbonyl (C=O) groups is 2. The number of H-pyrrole nitrogens is 1. The molecule has 1 aliphatic carbocycles. The van der Waals surface area contributed by atoms with Gasteiger partial charge in [0, 0.05) is 6.04 Å². The lowest BCUT2D eigenvalue weighted by atomic mass is 10.1. The molecule has 1 fully saturated rings. The first-order chi connectivity index (χ1) is 13.0. The summed E-state index contributed by atoms with van der Waals surface area (Å²) in [6.45, 7) is -0.864. The van der Waals surface area contributed by atoms with Crippen molar-refractivity contribution in [3.63, 3.8) is 0 Å². The molecule has 1 saturated carbocycles. The van der Waals surface area contributed by atoms with Crippen molar-refractivity contribution in [2.75, 3.05) is 6.61 Å². The van der Waals surface area contributed by atoms with Crippen LogP contribution in [0.15, 0.2) is 33.9 Å². The van der Waals surface area contributed by atoms with Gasteiger partial charge >= 0.3 is 5.97 Å². The summed E-state index contributed by atoms with van der Waals surface area (Å²) in [4.78, 5) is 48.3. The van der Waals surface area contributed by atoms with Crippen LogP contribution < -0.4 is 16.4 Å². The number of fused-ring (bicyclic) bond motifs is 1. The Kier molecular flexibility index (Phi) is 6.05. The molecule has 144 valence electrons. The molecule has 1 amide bonds. The summed E-state index contributed by atoms with van der Waals surface area (Å²) in [6.07, 6.45) is 6.41. The van der Waals surface area contributed by atoms with Crippen LogP contribution in [0.1, 0.15) is 38.5 Å². The average Bonchev–Trinajstić information content (AvgIpc) is 2.93. The Labute approximate surface area is 155 Å². The first-order valence-corrected chi connectivity index (χ1v) is 9.21. The third-order valence-electron chi connectivity index (χ3n) is 4.76. The van der Waals surface area contributed by atoms with Crippen molar-refractivity contribution in [3.05, 3.63) is 45.0 Å². The Bertz CT molecular complexity index is 938. The molecule has 3 rings (SSSR count). The number of esters is 1.